The lowest BCUT2D eigenvalue weighted by atomic mass is 10.1. The van der Waals surface area contributed by atoms with Gasteiger partial charge in [0.2, 0.25) is 5.78 Å². The van der Waals surface area contributed by atoms with E-state index in [1.165, 1.54) is 6.07 Å². The number of nitrogens with two attached hydrogens (primary N) is 1. The molecule has 2 heterocycles. The van der Waals surface area contributed by atoms with Crippen LogP contribution >= 0.6 is 23.6 Å². The summed E-state index contributed by atoms with van der Waals surface area (Å²) in [4.78, 5) is 18.8. The minimum Gasteiger partial charge on any atom is -0.432 e. The summed E-state index contributed by atoms with van der Waals surface area (Å²) in [5.74, 6) is -2.04. The molecule has 0 atom stereocenters. The number of rotatable bonds is 5. The normalized spacial score (nSPS) is 14.2. The average molecular weight is 475 g/mol. The highest BCUT2D eigenvalue weighted by atomic mass is 32.1. The van der Waals surface area contributed by atoms with Crippen LogP contribution in [-0.4, -0.2) is 40.0 Å². The number of aromatic nitrogens is 1. The lowest BCUT2D eigenvalue weighted by Crippen LogP contribution is -2.43. The molecule has 1 aliphatic rings. The van der Waals surface area contributed by atoms with Crippen molar-refractivity contribution in [1.82, 2.24) is 9.88 Å². The SMILES string of the molecule is Nc1nc(NC2CCN(C(=S)Oc3ccccc3)CC2)sc1C(=O)c1c(F)cccc1F. The molecule has 1 fully saturated rings. The van der Waals surface area contributed by atoms with Crippen molar-refractivity contribution in [3.8, 4) is 5.75 Å². The third-order valence-corrected chi connectivity index (χ3v) is 6.42. The Morgan fingerprint density at radius 2 is 1.78 bits per heavy atom. The number of carbonyl (C=O) groups is 1. The standard InChI is InChI=1S/C22H20F2N4O2S2/c23-15-7-4-8-16(24)17(15)18(29)19-20(25)27-21(32-19)26-13-9-11-28(12-10-13)22(31)30-14-5-2-1-3-6-14/h1-8,13H,9-12,25H2,(H,26,27). The van der Waals surface area contributed by atoms with Crippen LogP contribution in [0.2, 0.25) is 0 Å². The lowest BCUT2D eigenvalue weighted by molar-refractivity contribution is 0.103. The summed E-state index contributed by atoms with van der Waals surface area (Å²) < 4.78 is 33.7. The molecule has 1 aliphatic heterocycles. The molecule has 166 valence electrons. The van der Waals surface area contributed by atoms with Crippen molar-refractivity contribution in [2.75, 3.05) is 24.1 Å². The van der Waals surface area contributed by atoms with Crippen molar-refractivity contribution in [2.45, 2.75) is 18.9 Å². The second kappa shape index (κ2) is 9.58. The van der Waals surface area contributed by atoms with Gasteiger partial charge in [0.15, 0.2) is 5.13 Å². The Kier molecular flexibility index (Phi) is 6.61. The van der Waals surface area contributed by atoms with Crippen molar-refractivity contribution in [3.05, 3.63) is 70.6 Å². The van der Waals surface area contributed by atoms with E-state index in [0.29, 0.717) is 29.1 Å². The predicted octanol–water partition coefficient (Wildman–Crippen LogP) is 4.47. The number of para-hydroxylation sites is 1. The van der Waals surface area contributed by atoms with E-state index in [4.69, 9.17) is 22.7 Å². The molecule has 3 N–H and O–H groups in total. The van der Waals surface area contributed by atoms with Crippen LogP contribution in [0, 0.1) is 11.6 Å². The average Bonchev–Trinajstić information content (AvgIpc) is 3.14. The van der Waals surface area contributed by atoms with Crippen LogP contribution in [-0.2, 0) is 0 Å². The Balaban J connectivity index is 1.36. The summed E-state index contributed by atoms with van der Waals surface area (Å²) in [7, 11) is 0. The number of nitrogen functional groups attached to an aromatic ring is 1. The Bertz CT molecular complexity index is 1110. The fraction of sp³-hybridized carbons (Fsp3) is 0.227. The molecule has 0 radical (unpaired) electrons. The first-order chi connectivity index (χ1) is 15.4. The van der Waals surface area contributed by atoms with E-state index >= 15 is 0 Å². The van der Waals surface area contributed by atoms with E-state index in [-0.39, 0.29) is 16.7 Å². The molecule has 0 amide bonds. The molecule has 0 spiro atoms. The molecule has 1 aromatic heterocycles. The maximum absolute atomic E-state index is 14.0. The van der Waals surface area contributed by atoms with Gasteiger partial charge < -0.3 is 20.7 Å². The Morgan fingerprint density at radius 3 is 2.44 bits per heavy atom. The molecule has 4 rings (SSSR count). The van der Waals surface area contributed by atoms with Crippen molar-refractivity contribution in [2.24, 2.45) is 0 Å². The zero-order valence-corrected chi connectivity index (χ0v) is 18.5. The third kappa shape index (κ3) is 4.86. The second-order valence-corrected chi connectivity index (χ2v) is 8.59. The summed E-state index contributed by atoms with van der Waals surface area (Å²) in [5.41, 5.74) is 5.24. The topological polar surface area (TPSA) is 80.5 Å². The first kappa shape index (κ1) is 22.1. The van der Waals surface area contributed by atoms with Gasteiger partial charge >= 0.3 is 0 Å². The highest BCUT2D eigenvalue weighted by Crippen LogP contribution is 2.30. The van der Waals surface area contributed by atoms with Crippen LogP contribution in [0.4, 0.5) is 19.7 Å². The number of ketones is 1. The molecule has 0 aliphatic carbocycles. The van der Waals surface area contributed by atoms with Gasteiger partial charge in [0.25, 0.3) is 5.17 Å². The maximum Gasteiger partial charge on any atom is 0.264 e. The summed E-state index contributed by atoms with van der Waals surface area (Å²) in [6.07, 6.45) is 1.53. The van der Waals surface area contributed by atoms with E-state index in [0.717, 1.165) is 36.3 Å². The molecule has 10 heteroatoms. The Morgan fingerprint density at radius 1 is 1.12 bits per heavy atom. The number of thiocarbonyl (C=S) groups is 1. The number of hydrogen-bond acceptors (Lipinski definition) is 7. The number of likely N-dealkylation sites (tertiary alicyclic amines) is 1. The monoisotopic (exact) mass is 474 g/mol. The van der Waals surface area contributed by atoms with E-state index < -0.39 is 23.0 Å². The van der Waals surface area contributed by atoms with Crippen molar-refractivity contribution >= 4 is 45.5 Å². The Hall–Kier alpha value is -3.11. The van der Waals surface area contributed by atoms with Gasteiger partial charge in [-0.3, -0.25) is 4.79 Å². The quantitative estimate of drug-likeness (QED) is 0.417. The second-order valence-electron chi connectivity index (χ2n) is 7.25. The molecule has 0 bridgehead atoms. The molecular formula is C22H20F2N4O2S2. The van der Waals surface area contributed by atoms with Gasteiger partial charge in [-0.05, 0) is 49.3 Å². The summed E-state index contributed by atoms with van der Waals surface area (Å²) in [5, 5.41) is 4.12. The molecule has 0 saturated carbocycles. The molecule has 1 saturated heterocycles. The number of ether oxygens (including phenoxy) is 1. The molecule has 2 aromatic carbocycles. The van der Waals surface area contributed by atoms with Crippen molar-refractivity contribution in [3.63, 3.8) is 0 Å². The zero-order chi connectivity index (χ0) is 22.7. The van der Waals surface area contributed by atoms with Crippen LogP contribution in [0.3, 0.4) is 0 Å². The number of thiazole rings is 1. The fourth-order valence-corrected chi connectivity index (χ4v) is 4.61. The minimum atomic E-state index is -0.932. The van der Waals surface area contributed by atoms with E-state index in [9.17, 15) is 13.6 Å². The predicted molar refractivity (Wildman–Crippen MR) is 124 cm³/mol. The highest BCUT2D eigenvalue weighted by molar-refractivity contribution is 7.80. The number of anilines is 2. The minimum absolute atomic E-state index is 0.00590. The maximum atomic E-state index is 14.0. The number of nitrogens with one attached hydrogen (secondary N) is 1. The summed E-state index contributed by atoms with van der Waals surface area (Å²) >= 11 is 6.39. The largest absolute Gasteiger partial charge is 0.432 e. The van der Waals surface area contributed by atoms with Crippen LogP contribution in [0.25, 0.3) is 0 Å². The molecule has 6 nitrogen and oxygen atoms in total. The zero-order valence-electron chi connectivity index (χ0n) is 16.9. The highest BCUT2D eigenvalue weighted by Gasteiger charge is 2.26. The molecule has 32 heavy (non-hydrogen) atoms. The van der Waals surface area contributed by atoms with Crippen LogP contribution in [0.15, 0.2) is 48.5 Å². The first-order valence-corrected chi connectivity index (χ1v) is 11.2. The Labute approximate surface area is 193 Å². The number of benzene rings is 2. The summed E-state index contributed by atoms with van der Waals surface area (Å²) in [6, 6.07) is 12.7. The van der Waals surface area contributed by atoms with Crippen LogP contribution in [0.5, 0.6) is 5.75 Å². The van der Waals surface area contributed by atoms with Gasteiger partial charge in [0.05, 0.1) is 5.56 Å². The van der Waals surface area contributed by atoms with Crippen molar-refractivity contribution in [1.29, 1.82) is 0 Å². The van der Waals surface area contributed by atoms with Crippen molar-refractivity contribution < 1.29 is 18.3 Å². The van der Waals surface area contributed by atoms with Gasteiger partial charge in [-0.1, -0.05) is 35.6 Å². The number of nitrogens with zero attached hydrogens (tertiary/aromatic N) is 2. The number of piperidine rings is 1. The first-order valence-electron chi connectivity index (χ1n) is 9.95. The van der Waals surface area contributed by atoms with E-state index in [1.54, 1.807) is 0 Å². The van der Waals surface area contributed by atoms with Gasteiger partial charge in [0.1, 0.15) is 28.1 Å². The fourth-order valence-electron chi connectivity index (χ4n) is 3.42. The van der Waals surface area contributed by atoms with Gasteiger partial charge in [-0.2, -0.15) is 0 Å². The number of carbonyl (C=O) groups excluding carboxylic acids is 1. The van der Waals surface area contributed by atoms with Gasteiger partial charge in [-0.25, -0.2) is 13.8 Å². The van der Waals surface area contributed by atoms with Gasteiger partial charge in [-0.15, -0.1) is 0 Å². The smallest absolute Gasteiger partial charge is 0.264 e. The van der Waals surface area contributed by atoms with Crippen LogP contribution < -0.4 is 15.8 Å². The lowest BCUT2D eigenvalue weighted by Gasteiger charge is -2.33. The number of halogens is 2. The molecule has 0 unspecified atom stereocenters. The van der Waals surface area contributed by atoms with Gasteiger partial charge in [0, 0.05) is 19.1 Å². The van der Waals surface area contributed by atoms with Crippen LogP contribution in [0.1, 0.15) is 28.1 Å². The molecular weight excluding hydrogens is 454 g/mol. The van der Waals surface area contributed by atoms with E-state index in [1.807, 2.05) is 35.2 Å². The number of hydrogen-bond donors (Lipinski definition) is 2. The summed E-state index contributed by atoms with van der Waals surface area (Å²) in [6.45, 7) is 1.38. The third-order valence-electron chi connectivity index (χ3n) is 5.08. The van der Waals surface area contributed by atoms with E-state index in [2.05, 4.69) is 10.3 Å². The molecule has 3 aromatic rings.